The van der Waals surface area contributed by atoms with Gasteiger partial charge in [-0.05, 0) is 55.8 Å². The van der Waals surface area contributed by atoms with Crippen LogP contribution in [0.15, 0.2) is 63.5 Å². The van der Waals surface area contributed by atoms with E-state index in [2.05, 4.69) is 4.99 Å². The number of benzene rings is 2. The summed E-state index contributed by atoms with van der Waals surface area (Å²) in [5.41, 5.74) is 1.58. The summed E-state index contributed by atoms with van der Waals surface area (Å²) in [5, 5.41) is 8.78. The highest BCUT2D eigenvalue weighted by atomic mass is 32.1. The van der Waals surface area contributed by atoms with Crippen molar-refractivity contribution in [2.24, 2.45) is 4.99 Å². The summed E-state index contributed by atoms with van der Waals surface area (Å²) < 4.78 is 23.4. The number of hydrogen-bond donors (Lipinski definition) is 1. The predicted molar refractivity (Wildman–Crippen MR) is 140 cm³/mol. The first-order valence-corrected chi connectivity index (χ1v) is 12.4. The van der Waals surface area contributed by atoms with Crippen LogP contribution >= 0.6 is 11.3 Å². The van der Waals surface area contributed by atoms with Crippen molar-refractivity contribution in [3.8, 4) is 17.2 Å². The number of aromatic nitrogens is 1. The van der Waals surface area contributed by atoms with Crippen LogP contribution in [-0.2, 0) is 14.3 Å². The standard InChI is InChI=1S/C27H26N2O8S/c1-5-36-26(33)23-15(2)28-27-29(24(23)19-13-18(34-3)10-11-20(19)35-4)25(32)21(38-27)12-16-6-8-17(9-7-16)37-14-22(30)31/h6-13,24H,5,14H2,1-4H3,(H,30,31)/b21-12+/t24-/m0/s1. The lowest BCUT2D eigenvalue weighted by Gasteiger charge is -2.26. The van der Waals surface area contributed by atoms with E-state index in [9.17, 15) is 14.4 Å². The fourth-order valence-corrected chi connectivity index (χ4v) is 5.14. The van der Waals surface area contributed by atoms with E-state index in [1.807, 2.05) is 0 Å². The monoisotopic (exact) mass is 538 g/mol. The Labute approximate surface area is 221 Å². The first-order chi connectivity index (χ1) is 18.3. The van der Waals surface area contributed by atoms with Crippen LogP contribution < -0.4 is 29.1 Å². The van der Waals surface area contributed by atoms with Gasteiger partial charge in [-0.15, -0.1) is 0 Å². The third-order valence-corrected chi connectivity index (χ3v) is 6.77. The number of nitrogens with zero attached hydrogens (tertiary/aromatic N) is 2. The molecule has 11 heteroatoms. The van der Waals surface area contributed by atoms with E-state index in [1.165, 1.54) is 30.1 Å². The van der Waals surface area contributed by atoms with E-state index in [-0.39, 0.29) is 17.7 Å². The van der Waals surface area contributed by atoms with Gasteiger partial charge in [0.2, 0.25) is 0 Å². The molecular formula is C27H26N2O8S. The molecule has 1 aromatic heterocycles. The van der Waals surface area contributed by atoms with Gasteiger partial charge in [0, 0.05) is 5.56 Å². The van der Waals surface area contributed by atoms with Crippen LogP contribution in [0.5, 0.6) is 17.2 Å². The van der Waals surface area contributed by atoms with Crippen molar-refractivity contribution in [1.82, 2.24) is 4.57 Å². The molecule has 2 aromatic carbocycles. The summed E-state index contributed by atoms with van der Waals surface area (Å²) in [5.74, 6) is -0.250. The van der Waals surface area contributed by atoms with Crippen molar-refractivity contribution >= 4 is 29.4 Å². The molecule has 1 N–H and O–H groups in total. The molecule has 10 nitrogen and oxygen atoms in total. The number of aliphatic carboxylic acids is 1. The Bertz CT molecular complexity index is 1580. The highest BCUT2D eigenvalue weighted by molar-refractivity contribution is 7.07. The zero-order valence-corrected chi connectivity index (χ0v) is 22.0. The predicted octanol–water partition coefficient (Wildman–Crippen LogP) is 2.28. The molecular weight excluding hydrogens is 512 g/mol. The van der Waals surface area contributed by atoms with Crippen molar-refractivity contribution in [2.45, 2.75) is 19.9 Å². The van der Waals surface area contributed by atoms with Crippen molar-refractivity contribution in [1.29, 1.82) is 0 Å². The number of carboxylic acid groups (broad SMARTS) is 1. The highest BCUT2D eigenvalue weighted by Crippen LogP contribution is 2.37. The van der Waals surface area contributed by atoms with Gasteiger partial charge in [-0.25, -0.2) is 14.6 Å². The van der Waals surface area contributed by atoms with Gasteiger partial charge < -0.3 is 24.1 Å². The average molecular weight is 539 g/mol. The van der Waals surface area contributed by atoms with E-state index < -0.39 is 24.6 Å². The molecule has 198 valence electrons. The van der Waals surface area contributed by atoms with Crippen LogP contribution in [0.3, 0.4) is 0 Å². The Balaban J connectivity index is 1.88. The first kappa shape index (κ1) is 26.7. The van der Waals surface area contributed by atoms with Gasteiger partial charge >= 0.3 is 11.9 Å². The summed E-state index contributed by atoms with van der Waals surface area (Å²) in [6.45, 7) is 3.13. The highest BCUT2D eigenvalue weighted by Gasteiger charge is 2.35. The number of carbonyl (C=O) groups is 2. The zero-order chi connectivity index (χ0) is 27.4. The summed E-state index contributed by atoms with van der Waals surface area (Å²) in [7, 11) is 3.04. The van der Waals surface area contributed by atoms with Crippen molar-refractivity contribution < 1.29 is 33.6 Å². The van der Waals surface area contributed by atoms with Gasteiger partial charge in [0.25, 0.3) is 5.56 Å². The molecule has 4 rings (SSSR count). The second kappa shape index (κ2) is 11.3. The number of methoxy groups -OCH3 is 2. The third-order valence-electron chi connectivity index (χ3n) is 5.79. The summed E-state index contributed by atoms with van der Waals surface area (Å²) in [6.07, 6.45) is 1.70. The summed E-state index contributed by atoms with van der Waals surface area (Å²) >= 11 is 1.19. The van der Waals surface area contributed by atoms with Crippen LogP contribution in [0.1, 0.15) is 31.0 Å². The molecule has 0 unspecified atom stereocenters. The number of ether oxygens (including phenoxy) is 4. The maximum absolute atomic E-state index is 13.8. The van der Waals surface area contributed by atoms with E-state index in [1.54, 1.807) is 62.4 Å². The van der Waals surface area contributed by atoms with Crippen molar-refractivity contribution in [2.75, 3.05) is 27.4 Å². The lowest BCUT2D eigenvalue weighted by molar-refractivity contribution is -0.140. The van der Waals surface area contributed by atoms with Crippen LogP contribution in [0, 0.1) is 0 Å². The Hall–Kier alpha value is -4.38. The largest absolute Gasteiger partial charge is 0.497 e. The van der Waals surface area contributed by atoms with Gasteiger partial charge in [-0.1, -0.05) is 23.5 Å². The van der Waals surface area contributed by atoms with E-state index in [4.69, 9.17) is 24.1 Å². The number of esters is 1. The minimum absolute atomic E-state index is 0.161. The Morgan fingerprint density at radius 2 is 1.82 bits per heavy atom. The lowest BCUT2D eigenvalue weighted by Crippen LogP contribution is -2.40. The van der Waals surface area contributed by atoms with Crippen molar-refractivity contribution in [3.05, 3.63) is 84.5 Å². The van der Waals surface area contributed by atoms with Crippen LogP contribution in [0.4, 0.5) is 0 Å². The van der Waals surface area contributed by atoms with Crippen LogP contribution in [0.25, 0.3) is 6.08 Å². The molecule has 0 fully saturated rings. The molecule has 2 heterocycles. The maximum atomic E-state index is 13.8. The van der Waals surface area contributed by atoms with Crippen LogP contribution in [0.2, 0.25) is 0 Å². The molecule has 1 atom stereocenters. The summed E-state index contributed by atoms with van der Waals surface area (Å²) in [4.78, 5) is 42.6. The van der Waals surface area contributed by atoms with E-state index in [0.717, 1.165) is 0 Å². The zero-order valence-electron chi connectivity index (χ0n) is 21.2. The molecule has 0 radical (unpaired) electrons. The van der Waals surface area contributed by atoms with Crippen molar-refractivity contribution in [3.63, 3.8) is 0 Å². The van der Waals surface area contributed by atoms with Crippen LogP contribution in [-0.4, -0.2) is 49.0 Å². The minimum Gasteiger partial charge on any atom is -0.497 e. The smallest absolute Gasteiger partial charge is 0.341 e. The SMILES string of the molecule is CCOC(=O)C1=C(C)N=c2s/c(=C/c3ccc(OCC(=O)O)cc3)c(=O)n2[C@H]1c1cc(OC)ccc1OC. The van der Waals surface area contributed by atoms with Gasteiger partial charge in [0.05, 0.1) is 36.6 Å². The van der Waals surface area contributed by atoms with E-state index in [0.29, 0.717) is 43.4 Å². The maximum Gasteiger partial charge on any atom is 0.341 e. The molecule has 0 saturated heterocycles. The number of fused-ring (bicyclic) bond motifs is 1. The quantitative estimate of drug-likeness (QED) is 0.412. The second-order valence-corrected chi connectivity index (χ2v) is 9.17. The number of rotatable bonds is 9. The molecule has 1 aliphatic heterocycles. The molecule has 1 aliphatic rings. The van der Waals surface area contributed by atoms with Gasteiger partial charge in [0.1, 0.15) is 23.3 Å². The normalized spacial score (nSPS) is 14.9. The molecule has 0 saturated carbocycles. The Kier molecular flexibility index (Phi) is 7.96. The Morgan fingerprint density at radius 3 is 2.45 bits per heavy atom. The fourth-order valence-electron chi connectivity index (χ4n) is 4.10. The van der Waals surface area contributed by atoms with Gasteiger partial charge in [-0.3, -0.25) is 9.36 Å². The topological polar surface area (TPSA) is 126 Å². The molecule has 38 heavy (non-hydrogen) atoms. The van der Waals surface area contributed by atoms with E-state index >= 15 is 0 Å². The Morgan fingerprint density at radius 1 is 1.11 bits per heavy atom. The second-order valence-electron chi connectivity index (χ2n) is 8.16. The van der Waals surface area contributed by atoms with Gasteiger partial charge in [-0.2, -0.15) is 0 Å². The number of thiazole rings is 1. The number of allylic oxidation sites excluding steroid dienone is 1. The molecule has 3 aromatic rings. The fraction of sp³-hybridized carbons (Fsp3) is 0.259. The van der Waals surface area contributed by atoms with Gasteiger partial charge in [0.15, 0.2) is 11.4 Å². The molecule has 0 spiro atoms. The average Bonchev–Trinajstić information content (AvgIpc) is 3.21. The first-order valence-electron chi connectivity index (χ1n) is 11.6. The minimum atomic E-state index is -1.07. The number of hydrogen-bond acceptors (Lipinski definition) is 9. The molecule has 0 amide bonds. The third kappa shape index (κ3) is 5.32. The molecule has 0 bridgehead atoms. The number of carbonyl (C=O) groups excluding carboxylic acids is 1. The molecule has 0 aliphatic carbocycles. The number of carboxylic acids is 1. The summed E-state index contributed by atoms with van der Waals surface area (Å²) in [6, 6.07) is 11.0. The lowest BCUT2D eigenvalue weighted by atomic mass is 9.94.